The summed E-state index contributed by atoms with van der Waals surface area (Å²) in [6, 6.07) is 35.2. The Morgan fingerprint density at radius 2 is 0.730 bits per heavy atom. The Morgan fingerprint density at radius 1 is 0.378 bits per heavy atom. The summed E-state index contributed by atoms with van der Waals surface area (Å²) < 4.78 is 6.75. The van der Waals surface area contributed by atoms with Gasteiger partial charge < -0.3 is 4.42 Å². The quantitative estimate of drug-likeness (QED) is 0.242. The molecule has 0 unspecified atom stereocenters. The highest BCUT2D eigenvalue weighted by molar-refractivity contribution is 6.26. The molecule has 0 atom stereocenters. The average Bonchev–Trinajstić information content (AvgIpc) is 3.03. The highest BCUT2D eigenvalue weighted by atomic mass is 16.3. The summed E-state index contributed by atoms with van der Waals surface area (Å²) >= 11 is 0. The van der Waals surface area contributed by atoms with Gasteiger partial charge in [-0.15, -0.1) is 0 Å². The minimum atomic E-state index is 0.915. The van der Waals surface area contributed by atoms with Gasteiger partial charge in [-0.25, -0.2) is 0 Å². The Bertz CT molecular complexity index is 1830. The van der Waals surface area contributed by atoms with E-state index in [2.05, 4.69) is 125 Å². The second kappa shape index (κ2) is 8.08. The Kier molecular flexibility index (Phi) is 4.78. The first-order chi connectivity index (χ1) is 18.0. The lowest BCUT2D eigenvalue weighted by Gasteiger charge is -2.14. The molecule has 0 aliphatic heterocycles. The molecular weight excluding hydrogens is 448 g/mol. The van der Waals surface area contributed by atoms with Crippen molar-refractivity contribution in [1.82, 2.24) is 0 Å². The van der Waals surface area contributed by atoms with Crippen LogP contribution in [0.4, 0.5) is 0 Å². The molecule has 0 saturated heterocycles. The van der Waals surface area contributed by atoms with E-state index in [1.54, 1.807) is 0 Å². The molecule has 178 valence electrons. The molecule has 0 N–H and O–H groups in total. The van der Waals surface area contributed by atoms with Crippen molar-refractivity contribution in [2.24, 2.45) is 0 Å². The molecule has 0 spiro atoms. The molecule has 0 bridgehead atoms. The molecule has 0 aliphatic carbocycles. The third-order valence-electron chi connectivity index (χ3n) is 8.02. The van der Waals surface area contributed by atoms with Gasteiger partial charge in [0.2, 0.25) is 0 Å². The van der Waals surface area contributed by atoms with Gasteiger partial charge in [0.05, 0.1) is 0 Å². The summed E-state index contributed by atoms with van der Waals surface area (Å²) in [5.74, 6) is 0. The summed E-state index contributed by atoms with van der Waals surface area (Å²) in [6.07, 6.45) is 0. The van der Waals surface area contributed by atoms with E-state index < -0.39 is 0 Å². The predicted molar refractivity (Wildman–Crippen MR) is 159 cm³/mol. The zero-order chi connectivity index (χ0) is 25.3. The van der Waals surface area contributed by atoms with Crippen molar-refractivity contribution in [2.75, 3.05) is 0 Å². The molecule has 1 nitrogen and oxygen atoms in total. The normalized spacial score (nSPS) is 11.8. The zero-order valence-electron chi connectivity index (χ0n) is 21.6. The predicted octanol–water partition coefficient (Wildman–Crippen LogP) is 10.5. The second-order valence-corrected chi connectivity index (χ2v) is 10.3. The number of hydrogen-bond donors (Lipinski definition) is 0. The molecule has 0 saturated carbocycles. The van der Waals surface area contributed by atoms with Crippen molar-refractivity contribution in [1.29, 1.82) is 0 Å². The van der Waals surface area contributed by atoms with E-state index in [1.807, 2.05) is 0 Å². The Labute approximate surface area is 217 Å². The van der Waals surface area contributed by atoms with Gasteiger partial charge in [-0.1, -0.05) is 84.9 Å². The molecule has 0 radical (unpaired) electrons. The maximum Gasteiger partial charge on any atom is 0.135 e. The largest absolute Gasteiger partial charge is 0.456 e. The number of aryl methyl sites for hydroxylation is 4. The minimum Gasteiger partial charge on any atom is -0.456 e. The molecule has 1 aromatic heterocycles. The SMILES string of the molecule is Cc1cccc(C)c1-c1ccc2oc3ccc(-c4c(C)cccc4C)c4cccc(c5cccc1c25)c34. The fraction of sp³-hybridized carbons (Fsp3) is 0.111. The van der Waals surface area contributed by atoms with Gasteiger partial charge >= 0.3 is 0 Å². The van der Waals surface area contributed by atoms with Crippen LogP contribution in [0.2, 0.25) is 0 Å². The van der Waals surface area contributed by atoms with Crippen LogP contribution in [0.3, 0.4) is 0 Å². The van der Waals surface area contributed by atoms with Crippen molar-refractivity contribution < 1.29 is 4.42 Å². The van der Waals surface area contributed by atoms with Crippen molar-refractivity contribution in [2.45, 2.75) is 27.7 Å². The smallest absolute Gasteiger partial charge is 0.135 e. The maximum atomic E-state index is 6.75. The summed E-state index contributed by atoms with van der Waals surface area (Å²) in [7, 11) is 0. The van der Waals surface area contributed by atoms with Crippen LogP contribution in [0.25, 0.3) is 65.7 Å². The molecule has 6 aromatic carbocycles. The summed E-state index contributed by atoms with van der Waals surface area (Å²) in [5, 5.41) is 7.27. The van der Waals surface area contributed by atoms with Crippen LogP contribution in [0, 0.1) is 27.7 Å². The van der Waals surface area contributed by atoms with Crippen LogP contribution in [0.15, 0.2) is 101 Å². The van der Waals surface area contributed by atoms with E-state index in [-0.39, 0.29) is 0 Å². The number of fused-ring (bicyclic) bond motifs is 1. The lowest BCUT2D eigenvalue weighted by atomic mass is 9.89. The van der Waals surface area contributed by atoms with Crippen LogP contribution in [-0.4, -0.2) is 0 Å². The number of rotatable bonds is 2. The van der Waals surface area contributed by atoms with E-state index in [0.717, 1.165) is 11.2 Å². The third kappa shape index (κ3) is 3.17. The fourth-order valence-electron chi connectivity index (χ4n) is 6.40. The number of hydrogen-bond acceptors (Lipinski definition) is 1. The summed E-state index contributed by atoms with van der Waals surface area (Å²) in [5.41, 5.74) is 12.1. The van der Waals surface area contributed by atoms with Crippen molar-refractivity contribution in [3.05, 3.63) is 119 Å². The van der Waals surface area contributed by atoms with E-state index in [9.17, 15) is 0 Å². The molecule has 7 aromatic rings. The van der Waals surface area contributed by atoms with Crippen LogP contribution in [0.5, 0.6) is 0 Å². The lowest BCUT2D eigenvalue weighted by molar-refractivity contribution is 0.664. The summed E-state index contributed by atoms with van der Waals surface area (Å²) in [4.78, 5) is 0. The van der Waals surface area contributed by atoms with E-state index in [1.165, 1.54) is 76.8 Å². The van der Waals surface area contributed by atoms with Crippen LogP contribution in [0.1, 0.15) is 22.3 Å². The zero-order valence-corrected chi connectivity index (χ0v) is 21.6. The first kappa shape index (κ1) is 21.9. The van der Waals surface area contributed by atoms with Gasteiger partial charge in [-0.3, -0.25) is 0 Å². The molecular formula is C36H28O. The molecule has 0 fully saturated rings. The van der Waals surface area contributed by atoms with Gasteiger partial charge in [0.25, 0.3) is 0 Å². The standard InChI is InChI=1S/C36H28O/c1-21-9-5-10-22(2)33(21)29-17-19-31-35-25(13-7-15-27(29)35)26-14-8-16-28-30(18-20-32(37-31)36(26)28)34-23(3)11-6-12-24(34)4/h5-20H,1-4H3. The van der Waals surface area contributed by atoms with E-state index >= 15 is 0 Å². The van der Waals surface area contributed by atoms with Gasteiger partial charge in [0, 0.05) is 10.8 Å². The molecule has 37 heavy (non-hydrogen) atoms. The Morgan fingerprint density at radius 3 is 1.14 bits per heavy atom. The van der Waals surface area contributed by atoms with Gasteiger partial charge in [-0.05, 0) is 106 Å². The summed E-state index contributed by atoms with van der Waals surface area (Å²) in [6.45, 7) is 8.80. The first-order valence-electron chi connectivity index (χ1n) is 13.0. The van der Waals surface area contributed by atoms with Crippen LogP contribution in [-0.2, 0) is 0 Å². The topological polar surface area (TPSA) is 13.1 Å². The molecule has 1 heteroatoms. The van der Waals surface area contributed by atoms with Crippen molar-refractivity contribution in [3.8, 4) is 22.3 Å². The highest BCUT2D eigenvalue weighted by Gasteiger charge is 2.18. The van der Waals surface area contributed by atoms with Crippen LogP contribution >= 0.6 is 0 Å². The molecule has 0 aliphatic rings. The van der Waals surface area contributed by atoms with Gasteiger partial charge in [-0.2, -0.15) is 0 Å². The van der Waals surface area contributed by atoms with Crippen molar-refractivity contribution >= 4 is 43.5 Å². The third-order valence-corrected chi connectivity index (χ3v) is 8.02. The first-order valence-corrected chi connectivity index (χ1v) is 13.0. The molecule has 7 rings (SSSR count). The van der Waals surface area contributed by atoms with E-state index in [0.29, 0.717) is 0 Å². The number of benzene rings is 6. The monoisotopic (exact) mass is 476 g/mol. The van der Waals surface area contributed by atoms with Crippen LogP contribution < -0.4 is 0 Å². The van der Waals surface area contributed by atoms with E-state index in [4.69, 9.17) is 4.42 Å². The average molecular weight is 477 g/mol. The van der Waals surface area contributed by atoms with Crippen molar-refractivity contribution in [3.63, 3.8) is 0 Å². The Balaban J connectivity index is 1.66. The molecule has 0 amide bonds. The maximum absolute atomic E-state index is 6.75. The second-order valence-electron chi connectivity index (χ2n) is 10.3. The highest BCUT2D eigenvalue weighted by Crippen LogP contribution is 2.43. The van der Waals surface area contributed by atoms with Gasteiger partial charge in [0.15, 0.2) is 0 Å². The van der Waals surface area contributed by atoms with Gasteiger partial charge in [0.1, 0.15) is 11.2 Å². The lowest BCUT2D eigenvalue weighted by Crippen LogP contribution is -1.90. The fourth-order valence-corrected chi connectivity index (χ4v) is 6.40. The Hall–Kier alpha value is -4.36. The minimum absolute atomic E-state index is 0.915. The molecule has 1 heterocycles.